The van der Waals surface area contributed by atoms with Crippen LogP contribution in [0.1, 0.15) is 41.8 Å². The number of nitrogens with one attached hydrogen (secondary N) is 1. The highest BCUT2D eigenvalue weighted by molar-refractivity contribution is 6.04. The molecule has 2 aromatic carbocycles. The molecule has 4 nitrogen and oxygen atoms in total. The van der Waals surface area contributed by atoms with Crippen LogP contribution in [0.3, 0.4) is 0 Å². The van der Waals surface area contributed by atoms with E-state index < -0.39 is 0 Å². The van der Waals surface area contributed by atoms with Gasteiger partial charge in [-0.1, -0.05) is 26.0 Å². The Labute approximate surface area is 143 Å². The van der Waals surface area contributed by atoms with Gasteiger partial charge in [0.25, 0.3) is 5.91 Å². The zero-order valence-corrected chi connectivity index (χ0v) is 14.6. The Morgan fingerprint density at radius 3 is 2.46 bits per heavy atom. The van der Waals surface area contributed by atoms with Gasteiger partial charge in [0, 0.05) is 23.4 Å². The minimum atomic E-state index is -0.140. The highest BCUT2D eigenvalue weighted by Crippen LogP contribution is 2.22. The molecule has 2 aromatic rings. The zero-order valence-electron chi connectivity index (χ0n) is 14.6. The van der Waals surface area contributed by atoms with E-state index in [1.807, 2.05) is 30.3 Å². The first-order chi connectivity index (χ1) is 11.7. The SMILES string of the molecule is CCCOCc1cc(C(=O)Nc2ccc(CC)cc2)ccc1OC. The lowest BCUT2D eigenvalue weighted by atomic mass is 10.1. The minimum Gasteiger partial charge on any atom is -0.496 e. The lowest BCUT2D eigenvalue weighted by molar-refractivity contribution is 0.102. The van der Waals surface area contributed by atoms with E-state index in [0.29, 0.717) is 18.8 Å². The summed E-state index contributed by atoms with van der Waals surface area (Å²) in [6, 6.07) is 13.3. The molecule has 24 heavy (non-hydrogen) atoms. The Hall–Kier alpha value is -2.33. The molecule has 0 aliphatic rings. The van der Waals surface area contributed by atoms with Crippen LogP contribution in [0.15, 0.2) is 42.5 Å². The molecule has 0 saturated heterocycles. The second kappa shape index (κ2) is 9.08. The Morgan fingerprint density at radius 1 is 1.08 bits per heavy atom. The van der Waals surface area contributed by atoms with Crippen LogP contribution >= 0.6 is 0 Å². The number of hydrogen-bond acceptors (Lipinski definition) is 3. The average molecular weight is 327 g/mol. The number of carbonyl (C=O) groups excluding carboxylic acids is 1. The van der Waals surface area contributed by atoms with E-state index in [2.05, 4.69) is 19.2 Å². The van der Waals surface area contributed by atoms with Crippen LogP contribution in [0.5, 0.6) is 5.75 Å². The summed E-state index contributed by atoms with van der Waals surface area (Å²) in [6.45, 7) is 5.28. The van der Waals surface area contributed by atoms with Crippen molar-refractivity contribution < 1.29 is 14.3 Å². The molecule has 0 heterocycles. The number of hydrogen-bond donors (Lipinski definition) is 1. The number of amides is 1. The third kappa shape index (κ3) is 4.83. The van der Waals surface area contributed by atoms with Crippen LogP contribution in [0, 0.1) is 0 Å². The van der Waals surface area contributed by atoms with E-state index in [4.69, 9.17) is 9.47 Å². The van der Waals surface area contributed by atoms with Gasteiger partial charge in [-0.05, 0) is 48.7 Å². The number of benzene rings is 2. The molecule has 0 aliphatic carbocycles. The molecule has 0 saturated carbocycles. The van der Waals surface area contributed by atoms with Crippen LogP contribution in [0.25, 0.3) is 0 Å². The first-order valence-corrected chi connectivity index (χ1v) is 8.32. The van der Waals surface area contributed by atoms with Crippen molar-refractivity contribution in [3.8, 4) is 5.75 Å². The Balaban J connectivity index is 2.11. The minimum absolute atomic E-state index is 0.140. The van der Waals surface area contributed by atoms with Crippen LogP contribution in [-0.4, -0.2) is 19.6 Å². The summed E-state index contributed by atoms with van der Waals surface area (Å²) in [5, 5.41) is 2.92. The monoisotopic (exact) mass is 327 g/mol. The largest absolute Gasteiger partial charge is 0.496 e. The van der Waals surface area contributed by atoms with Crippen molar-refractivity contribution in [3.05, 3.63) is 59.2 Å². The fourth-order valence-corrected chi connectivity index (χ4v) is 2.39. The number of rotatable bonds is 8. The molecule has 0 fully saturated rings. The molecule has 4 heteroatoms. The van der Waals surface area contributed by atoms with Gasteiger partial charge in [0.15, 0.2) is 0 Å². The molecule has 0 spiro atoms. The quantitative estimate of drug-likeness (QED) is 0.729. The molecule has 1 amide bonds. The summed E-state index contributed by atoms with van der Waals surface area (Å²) in [4.78, 5) is 12.5. The van der Waals surface area contributed by atoms with Crippen LogP contribution < -0.4 is 10.1 Å². The van der Waals surface area contributed by atoms with Gasteiger partial charge >= 0.3 is 0 Å². The second-order valence-corrected chi connectivity index (χ2v) is 5.58. The summed E-state index contributed by atoms with van der Waals surface area (Å²) in [5.41, 5.74) is 3.50. The van der Waals surface area contributed by atoms with E-state index in [9.17, 15) is 4.79 Å². The first kappa shape index (κ1) is 18.0. The van der Waals surface area contributed by atoms with Gasteiger partial charge in [-0.25, -0.2) is 0 Å². The molecule has 0 bridgehead atoms. The first-order valence-electron chi connectivity index (χ1n) is 8.32. The molecule has 1 N–H and O–H groups in total. The fourth-order valence-electron chi connectivity index (χ4n) is 2.39. The number of carbonyl (C=O) groups is 1. The van der Waals surface area contributed by atoms with E-state index in [0.717, 1.165) is 29.8 Å². The van der Waals surface area contributed by atoms with Crippen LogP contribution in [0.2, 0.25) is 0 Å². The molecular weight excluding hydrogens is 302 g/mol. The van der Waals surface area contributed by atoms with E-state index in [1.54, 1.807) is 19.2 Å². The molecular formula is C20H25NO3. The van der Waals surface area contributed by atoms with Crippen molar-refractivity contribution in [1.29, 1.82) is 0 Å². The maximum absolute atomic E-state index is 12.5. The van der Waals surface area contributed by atoms with Crippen LogP contribution in [0.4, 0.5) is 5.69 Å². The van der Waals surface area contributed by atoms with Gasteiger partial charge < -0.3 is 14.8 Å². The highest BCUT2D eigenvalue weighted by atomic mass is 16.5. The normalized spacial score (nSPS) is 10.5. The van der Waals surface area contributed by atoms with Crippen molar-refractivity contribution in [1.82, 2.24) is 0 Å². The maximum atomic E-state index is 12.5. The lowest BCUT2D eigenvalue weighted by Gasteiger charge is -2.12. The van der Waals surface area contributed by atoms with Gasteiger partial charge in [-0.2, -0.15) is 0 Å². The predicted octanol–water partition coefficient (Wildman–Crippen LogP) is 4.44. The summed E-state index contributed by atoms with van der Waals surface area (Å²) in [5.74, 6) is 0.591. The van der Waals surface area contributed by atoms with Gasteiger partial charge in [0.2, 0.25) is 0 Å². The van der Waals surface area contributed by atoms with Crippen molar-refractivity contribution in [2.45, 2.75) is 33.3 Å². The van der Waals surface area contributed by atoms with Gasteiger partial charge in [-0.15, -0.1) is 0 Å². The zero-order chi connectivity index (χ0) is 17.4. The third-order valence-electron chi connectivity index (χ3n) is 3.77. The highest BCUT2D eigenvalue weighted by Gasteiger charge is 2.11. The fraction of sp³-hybridized carbons (Fsp3) is 0.350. The van der Waals surface area contributed by atoms with Crippen molar-refractivity contribution in [3.63, 3.8) is 0 Å². The summed E-state index contributed by atoms with van der Waals surface area (Å²) in [6.07, 6.45) is 1.93. The number of aryl methyl sites for hydroxylation is 1. The lowest BCUT2D eigenvalue weighted by Crippen LogP contribution is -2.12. The molecule has 0 atom stereocenters. The van der Waals surface area contributed by atoms with Crippen molar-refractivity contribution in [2.75, 3.05) is 19.0 Å². The van der Waals surface area contributed by atoms with Crippen molar-refractivity contribution >= 4 is 11.6 Å². The van der Waals surface area contributed by atoms with E-state index >= 15 is 0 Å². The standard InChI is InChI=1S/C20H25NO3/c1-4-12-24-14-17-13-16(8-11-19(17)23-3)20(22)21-18-9-6-15(5-2)7-10-18/h6-11,13H,4-5,12,14H2,1-3H3,(H,21,22). The van der Waals surface area contributed by atoms with E-state index in [-0.39, 0.29) is 5.91 Å². The summed E-state index contributed by atoms with van der Waals surface area (Å²) in [7, 11) is 1.62. The Morgan fingerprint density at radius 2 is 1.83 bits per heavy atom. The smallest absolute Gasteiger partial charge is 0.255 e. The van der Waals surface area contributed by atoms with Gasteiger partial charge in [-0.3, -0.25) is 4.79 Å². The van der Waals surface area contributed by atoms with Gasteiger partial charge in [0.1, 0.15) is 5.75 Å². The topological polar surface area (TPSA) is 47.6 Å². The molecule has 0 aliphatic heterocycles. The third-order valence-corrected chi connectivity index (χ3v) is 3.77. The molecule has 0 aromatic heterocycles. The summed E-state index contributed by atoms with van der Waals surface area (Å²) < 4.78 is 10.9. The number of methoxy groups -OCH3 is 1. The number of anilines is 1. The van der Waals surface area contributed by atoms with Crippen molar-refractivity contribution in [2.24, 2.45) is 0 Å². The van der Waals surface area contributed by atoms with Crippen LogP contribution in [-0.2, 0) is 17.8 Å². The molecule has 0 radical (unpaired) electrons. The Kier molecular flexibility index (Phi) is 6.82. The number of ether oxygens (including phenoxy) is 2. The maximum Gasteiger partial charge on any atom is 0.255 e. The predicted molar refractivity (Wildman–Crippen MR) is 96.7 cm³/mol. The Bertz CT molecular complexity index is 665. The average Bonchev–Trinajstić information content (AvgIpc) is 2.62. The van der Waals surface area contributed by atoms with Gasteiger partial charge in [0.05, 0.1) is 13.7 Å². The summed E-state index contributed by atoms with van der Waals surface area (Å²) >= 11 is 0. The second-order valence-electron chi connectivity index (χ2n) is 5.58. The van der Waals surface area contributed by atoms with E-state index in [1.165, 1.54) is 5.56 Å². The molecule has 0 unspecified atom stereocenters. The molecule has 2 rings (SSSR count). The molecule has 128 valence electrons.